The Morgan fingerprint density at radius 3 is 3.00 bits per heavy atom. The monoisotopic (exact) mass is 234 g/mol. The van der Waals surface area contributed by atoms with Crippen molar-refractivity contribution in [2.24, 2.45) is 5.73 Å². The average molecular weight is 234 g/mol. The molecule has 1 aromatic carbocycles. The highest BCUT2D eigenvalue weighted by Gasteiger charge is 2.08. The third-order valence-corrected chi connectivity index (χ3v) is 3.23. The van der Waals surface area contributed by atoms with Crippen LogP contribution in [-0.2, 0) is 4.79 Å². The minimum atomic E-state index is -0.107. The van der Waals surface area contributed by atoms with E-state index in [-0.39, 0.29) is 11.9 Å². The van der Waals surface area contributed by atoms with Crippen LogP contribution in [0.1, 0.15) is 13.3 Å². The van der Waals surface area contributed by atoms with Crippen molar-refractivity contribution in [1.29, 1.82) is 0 Å². The van der Waals surface area contributed by atoms with Gasteiger partial charge in [0, 0.05) is 27.9 Å². The molecule has 0 saturated carbocycles. The maximum atomic E-state index is 11.6. The Balaban J connectivity index is 2.18. The van der Waals surface area contributed by atoms with Crippen molar-refractivity contribution < 1.29 is 4.79 Å². The molecule has 1 amide bonds. The van der Waals surface area contributed by atoms with E-state index in [4.69, 9.17) is 5.73 Å². The van der Waals surface area contributed by atoms with Crippen molar-refractivity contribution in [3.63, 3.8) is 0 Å². The average Bonchev–Trinajstić information content (AvgIpc) is 2.61. The maximum absolute atomic E-state index is 11.6. The molecular formula is C12H14N2OS. The van der Waals surface area contributed by atoms with E-state index in [1.54, 1.807) is 11.3 Å². The molecule has 1 unspecified atom stereocenters. The summed E-state index contributed by atoms with van der Waals surface area (Å²) in [5, 5.41) is 5.94. The second-order valence-corrected chi connectivity index (χ2v) is 4.79. The van der Waals surface area contributed by atoms with Gasteiger partial charge in [0.15, 0.2) is 0 Å². The second kappa shape index (κ2) is 4.63. The molecule has 1 aromatic heterocycles. The van der Waals surface area contributed by atoms with Gasteiger partial charge < -0.3 is 11.1 Å². The molecule has 1 atom stereocenters. The van der Waals surface area contributed by atoms with Crippen LogP contribution in [0.3, 0.4) is 0 Å². The number of hydrogen-bond donors (Lipinski definition) is 2. The Morgan fingerprint density at radius 1 is 1.50 bits per heavy atom. The van der Waals surface area contributed by atoms with Crippen LogP contribution < -0.4 is 11.1 Å². The number of hydrogen-bond acceptors (Lipinski definition) is 3. The normalized spacial score (nSPS) is 12.6. The number of amides is 1. The summed E-state index contributed by atoms with van der Waals surface area (Å²) in [6.07, 6.45) is 0.351. The predicted molar refractivity (Wildman–Crippen MR) is 68.7 cm³/mol. The van der Waals surface area contributed by atoms with Crippen LogP contribution in [0.15, 0.2) is 29.6 Å². The van der Waals surface area contributed by atoms with Crippen LogP contribution in [-0.4, -0.2) is 11.9 Å². The number of benzene rings is 1. The molecule has 2 rings (SSSR count). The summed E-state index contributed by atoms with van der Waals surface area (Å²) in [6.45, 7) is 1.82. The first-order valence-corrected chi connectivity index (χ1v) is 6.06. The minimum absolute atomic E-state index is 0.0291. The summed E-state index contributed by atoms with van der Waals surface area (Å²) in [7, 11) is 0. The van der Waals surface area contributed by atoms with Crippen molar-refractivity contribution in [2.45, 2.75) is 19.4 Å². The zero-order valence-electron chi connectivity index (χ0n) is 9.07. The van der Waals surface area contributed by atoms with Crippen LogP contribution in [0, 0.1) is 0 Å². The van der Waals surface area contributed by atoms with Crippen LogP contribution in [0.2, 0.25) is 0 Å². The van der Waals surface area contributed by atoms with Gasteiger partial charge >= 0.3 is 0 Å². The summed E-state index contributed by atoms with van der Waals surface area (Å²) >= 11 is 1.63. The molecule has 3 N–H and O–H groups in total. The van der Waals surface area contributed by atoms with Crippen LogP contribution in [0.4, 0.5) is 5.69 Å². The highest BCUT2D eigenvalue weighted by Crippen LogP contribution is 2.29. The molecule has 0 bridgehead atoms. The van der Waals surface area contributed by atoms with E-state index >= 15 is 0 Å². The summed E-state index contributed by atoms with van der Waals surface area (Å²) < 4.78 is 1.18. The fourth-order valence-corrected chi connectivity index (χ4v) is 2.46. The van der Waals surface area contributed by atoms with Gasteiger partial charge in [0.2, 0.25) is 5.91 Å². The lowest BCUT2D eigenvalue weighted by Crippen LogP contribution is -2.23. The first kappa shape index (κ1) is 11.1. The topological polar surface area (TPSA) is 55.1 Å². The van der Waals surface area contributed by atoms with E-state index in [0.717, 1.165) is 11.1 Å². The van der Waals surface area contributed by atoms with Gasteiger partial charge in [0.25, 0.3) is 0 Å². The number of carbonyl (C=O) groups is 1. The van der Waals surface area contributed by atoms with Crippen molar-refractivity contribution in [3.8, 4) is 0 Å². The molecule has 1 heterocycles. The lowest BCUT2D eigenvalue weighted by Gasteiger charge is -2.05. The number of nitrogens with two attached hydrogens (primary N) is 1. The number of carbonyl (C=O) groups excluding carboxylic acids is 1. The molecule has 0 saturated heterocycles. The molecule has 0 aliphatic heterocycles. The Labute approximate surface area is 98.3 Å². The number of rotatable bonds is 3. The molecule has 0 fully saturated rings. The van der Waals surface area contributed by atoms with Crippen LogP contribution in [0.25, 0.3) is 10.1 Å². The Kier molecular flexibility index (Phi) is 3.22. The number of fused-ring (bicyclic) bond motifs is 1. The Morgan fingerprint density at radius 2 is 2.25 bits per heavy atom. The maximum Gasteiger partial charge on any atom is 0.225 e. The van der Waals surface area contributed by atoms with Crippen molar-refractivity contribution in [1.82, 2.24) is 0 Å². The molecule has 16 heavy (non-hydrogen) atoms. The van der Waals surface area contributed by atoms with E-state index in [2.05, 4.69) is 5.32 Å². The summed E-state index contributed by atoms with van der Waals surface area (Å²) in [6, 6.07) is 7.90. The lowest BCUT2D eigenvalue weighted by molar-refractivity contribution is -0.116. The summed E-state index contributed by atoms with van der Waals surface area (Å²) in [4.78, 5) is 11.6. The second-order valence-electron chi connectivity index (χ2n) is 3.88. The minimum Gasteiger partial charge on any atom is -0.327 e. The highest BCUT2D eigenvalue weighted by atomic mass is 32.1. The Bertz CT molecular complexity index is 504. The molecule has 2 aromatic rings. The SMILES string of the molecule is CC(N)CC(=O)Nc1csc2ccccc12. The van der Waals surface area contributed by atoms with E-state index in [0.29, 0.717) is 6.42 Å². The predicted octanol–water partition coefficient (Wildman–Crippen LogP) is 2.58. The quantitative estimate of drug-likeness (QED) is 0.857. The first-order chi connectivity index (χ1) is 7.66. The standard InChI is InChI=1S/C12H14N2OS/c1-8(13)6-12(15)14-10-7-16-11-5-3-2-4-9(10)11/h2-5,7-8H,6,13H2,1H3,(H,14,15). The largest absolute Gasteiger partial charge is 0.327 e. The van der Waals surface area contributed by atoms with E-state index in [9.17, 15) is 4.79 Å². The highest BCUT2D eigenvalue weighted by molar-refractivity contribution is 7.17. The molecular weight excluding hydrogens is 220 g/mol. The lowest BCUT2D eigenvalue weighted by atomic mass is 10.2. The number of thiophene rings is 1. The van der Waals surface area contributed by atoms with Crippen LogP contribution >= 0.6 is 11.3 Å². The molecule has 4 heteroatoms. The van der Waals surface area contributed by atoms with Gasteiger partial charge in [-0.05, 0) is 13.0 Å². The molecule has 0 aliphatic carbocycles. The van der Waals surface area contributed by atoms with Gasteiger partial charge in [-0.25, -0.2) is 0 Å². The van der Waals surface area contributed by atoms with Gasteiger partial charge in [-0.2, -0.15) is 0 Å². The first-order valence-electron chi connectivity index (χ1n) is 5.18. The molecule has 3 nitrogen and oxygen atoms in total. The van der Waals surface area contributed by atoms with E-state index in [1.165, 1.54) is 4.70 Å². The zero-order chi connectivity index (χ0) is 11.5. The van der Waals surface area contributed by atoms with Crippen molar-refractivity contribution in [3.05, 3.63) is 29.6 Å². The number of anilines is 1. The summed E-state index contributed by atoms with van der Waals surface area (Å²) in [5.41, 5.74) is 6.46. The fraction of sp³-hybridized carbons (Fsp3) is 0.250. The summed E-state index contributed by atoms with van der Waals surface area (Å²) in [5.74, 6) is -0.0291. The van der Waals surface area contributed by atoms with E-state index in [1.807, 2.05) is 36.6 Å². The van der Waals surface area contributed by atoms with E-state index < -0.39 is 0 Å². The smallest absolute Gasteiger partial charge is 0.225 e. The third-order valence-electron chi connectivity index (χ3n) is 2.26. The molecule has 0 radical (unpaired) electrons. The third kappa shape index (κ3) is 2.40. The van der Waals surface area contributed by atoms with Gasteiger partial charge in [-0.1, -0.05) is 18.2 Å². The Hall–Kier alpha value is -1.39. The molecule has 0 spiro atoms. The molecule has 84 valence electrons. The molecule has 0 aliphatic rings. The van der Waals surface area contributed by atoms with Gasteiger partial charge in [-0.3, -0.25) is 4.79 Å². The van der Waals surface area contributed by atoms with Gasteiger partial charge in [0.1, 0.15) is 0 Å². The van der Waals surface area contributed by atoms with Crippen LogP contribution in [0.5, 0.6) is 0 Å². The zero-order valence-corrected chi connectivity index (χ0v) is 9.88. The van der Waals surface area contributed by atoms with Gasteiger partial charge in [-0.15, -0.1) is 11.3 Å². The van der Waals surface area contributed by atoms with Crippen molar-refractivity contribution >= 4 is 33.0 Å². The van der Waals surface area contributed by atoms with Gasteiger partial charge in [0.05, 0.1) is 5.69 Å². The number of nitrogens with one attached hydrogen (secondary N) is 1. The fourth-order valence-electron chi connectivity index (χ4n) is 1.57. The van der Waals surface area contributed by atoms with Crippen molar-refractivity contribution in [2.75, 3.05) is 5.32 Å².